The summed E-state index contributed by atoms with van der Waals surface area (Å²) in [5.41, 5.74) is 5.36. The molecule has 0 aliphatic rings. The molecule has 0 fully saturated rings. The van der Waals surface area contributed by atoms with Gasteiger partial charge in [0, 0.05) is 13.6 Å². The van der Waals surface area contributed by atoms with Crippen LogP contribution in [0, 0.1) is 5.41 Å². The summed E-state index contributed by atoms with van der Waals surface area (Å²) in [6.45, 7) is 4.51. The van der Waals surface area contributed by atoms with Gasteiger partial charge >= 0.3 is 0 Å². The summed E-state index contributed by atoms with van der Waals surface area (Å²) in [7, 11) is 0.643. The quantitative estimate of drug-likeness (QED) is 0.820. The molecule has 0 aliphatic carbocycles. The summed E-state index contributed by atoms with van der Waals surface area (Å²) in [5.74, 6) is 0.513. The van der Waals surface area contributed by atoms with Gasteiger partial charge in [-0.1, -0.05) is 19.9 Å². The van der Waals surface area contributed by atoms with E-state index in [4.69, 9.17) is 15.2 Å². The Morgan fingerprint density at radius 2 is 1.67 bits per heavy atom. The highest BCUT2D eigenvalue weighted by atomic mass is 32.2. The Bertz CT molecular complexity index is 562. The van der Waals surface area contributed by atoms with Crippen molar-refractivity contribution in [3.8, 4) is 11.5 Å². The average molecular weight is 316 g/mol. The molecule has 0 saturated carbocycles. The highest BCUT2D eigenvalue weighted by Gasteiger charge is 2.32. The topological polar surface area (TPSA) is 81.9 Å². The van der Waals surface area contributed by atoms with Gasteiger partial charge in [0.05, 0.1) is 14.2 Å². The Labute approximate surface area is 126 Å². The molecule has 2 N–H and O–H groups in total. The van der Waals surface area contributed by atoms with E-state index < -0.39 is 10.0 Å². The molecular weight excluding hydrogens is 292 g/mol. The number of hydrogen-bond acceptors (Lipinski definition) is 5. The van der Waals surface area contributed by atoms with Crippen LogP contribution in [0.3, 0.4) is 0 Å². The lowest BCUT2D eigenvalue weighted by Crippen LogP contribution is -2.39. The summed E-state index contributed by atoms with van der Waals surface area (Å²) in [6, 6.07) is 4.87. The highest BCUT2D eigenvalue weighted by molar-refractivity contribution is 7.89. The summed E-state index contributed by atoms with van der Waals surface area (Å²) < 4.78 is 37.2. The van der Waals surface area contributed by atoms with Gasteiger partial charge in [-0.3, -0.25) is 0 Å². The lowest BCUT2D eigenvalue weighted by atomic mass is 9.94. The fourth-order valence-electron chi connectivity index (χ4n) is 1.98. The minimum atomic E-state index is -3.74. The second kappa shape index (κ2) is 6.64. The number of nitrogens with zero attached hydrogens (tertiary/aromatic N) is 1. The molecule has 0 radical (unpaired) electrons. The fourth-order valence-corrected chi connectivity index (χ4v) is 3.62. The smallest absolute Gasteiger partial charge is 0.250 e. The molecule has 0 heterocycles. The van der Waals surface area contributed by atoms with Gasteiger partial charge in [-0.15, -0.1) is 0 Å². The molecule has 0 aliphatic heterocycles. The standard InChI is InChI=1S/C14H24N2O4S/c1-14(2,9-15)10-16(3)21(17,18)13-11(19-4)7-6-8-12(13)20-5/h6-8H,9-10,15H2,1-5H3. The van der Waals surface area contributed by atoms with E-state index in [1.807, 2.05) is 13.8 Å². The van der Waals surface area contributed by atoms with Crippen molar-refractivity contribution in [2.24, 2.45) is 11.1 Å². The molecule has 0 atom stereocenters. The molecule has 1 rings (SSSR count). The minimum absolute atomic E-state index is 0.0327. The maximum absolute atomic E-state index is 12.8. The van der Waals surface area contributed by atoms with E-state index in [-0.39, 0.29) is 21.8 Å². The predicted molar refractivity (Wildman–Crippen MR) is 82.2 cm³/mol. The number of methoxy groups -OCH3 is 2. The van der Waals surface area contributed by atoms with E-state index in [1.165, 1.54) is 25.6 Å². The number of nitrogens with two attached hydrogens (primary N) is 1. The van der Waals surface area contributed by atoms with Gasteiger partial charge in [-0.25, -0.2) is 12.7 Å². The predicted octanol–water partition coefficient (Wildman–Crippen LogP) is 1.31. The first-order valence-electron chi connectivity index (χ1n) is 6.57. The first-order chi connectivity index (χ1) is 9.69. The normalized spacial score (nSPS) is 12.5. The van der Waals surface area contributed by atoms with Gasteiger partial charge in [0.25, 0.3) is 0 Å². The summed E-state index contributed by atoms with van der Waals surface area (Å²) in [4.78, 5) is 0.0327. The average Bonchev–Trinajstić information content (AvgIpc) is 2.45. The fraction of sp³-hybridized carbons (Fsp3) is 0.571. The zero-order chi connectivity index (χ0) is 16.3. The Hall–Kier alpha value is -1.31. The zero-order valence-corrected chi connectivity index (χ0v) is 14.0. The third-order valence-corrected chi connectivity index (χ3v) is 5.12. The van der Waals surface area contributed by atoms with Gasteiger partial charge < -0.3 is 15.2 Å². The third-order valence-electron chi connectivity index (χ3n) is 3.25. The van der Waals surface area contributed by atoms with Crippen molar-refractivity contribution in [2.75, 3.05) is 34.4 Å². The maximum atomic E-state index is 12.8. The van der Waals surface area contributed by atoms with E-state index in [2.05, 4.69) is 0 Å². The molecule has 0 aromatic heterocycles. The van der Waals surface area contributed by atoms with Gasteiger partial charge in [-0.05, 0) is 24.1 Å². The van der Waals surface area contributed by atoms with Crippen LogP contribution in [-0.4, -0.2) is 47.1 Å². The van der Waals surface area contributed by atoms with Crippen LogP contribution in [0.4, 0.5) is 0 Å². The maximum Gasteiger partial charge on any atom is 0.250 e. The minimum Gasteiger partial charge on any atom is -0.495 e. The molecule has 0 saturated heterocycles. The number of rotatable bonds is 7. The van der Waals surface area contributed by atoms with E-state index in [1.54, 1.807) is 18.2 Å². The molecule has 1 aromatic rings. The molecule has 0 spiro atoms. The number of sulfonamides is 1. The number of hydrogen-bond donors (Lipinski definition) is 1. The molecule has 0 bridgehead atoms. The monoisotopic (exact) mass is 316 g/mol. The van der Waals surface area contributed by atoms with Crippen LogP contribution >= 0.6 is 0 Å². The van der Waals surface area contributed by atoms with E-state index >= 15 is 0 Å². The van der Waals surface area contributed by atoms with Gasteiger partial charge in [0.15, 0.2) is 4.90 Å². The second-order valence-corrected chi connectivity index (χ2v) is 7.60. The van der Waals surface area contributed by atoms with Crippen LogP contribution in [0.15, 0.2) is 23.1 Å². The van der Waals surface area contributed by atoms with Crippen LogP contribution in [0.25, 0.3) is 0 Å². The zero-order valence-electron chi connectivity index (χ0n) is 13.2. The van der Waals surface area contributed by atoms with Crippen LogP contribution in [0.2, 0.25) is 0 Å². The van der Waals surface area contributed by atoms with Crippen molar-refractivity contribution in [2.45, 2.75) is 18.7 Å². The van der Waals surface area contributed by atoms with Crippen molar-refractivity contribution >= 4 is 10.0 Å². The van der Waals surface area contributed by atoms with Crippen molar-refractivity contribution in [3.05, 3.63) is 18.2 Å². The summed E-state index contributed by atoms with van der Waals surface area (Å²) in [6.07, 6.45) is 0. The first-order valence-corrected chi connectivity index (χ1v) is 8.01. The molecule has 7 heteroatoms. The number of benzene rings is 1. The van der Waals surface area contributed by atoms with Crippen molar-refractivity contribution in [1.82, 2.24) is 4.31 Å². The van der Waals surface area contributed by atoms with Crippen molar-refractivity contribution in [1.29, 1.82) is 0 Å². The summed E-state index contributed by atoms with van der Waals surface area (Å²) >= 11 is 0. The Morgan fingerprint density at radius 3 is 2.05 bits per heavy atom. The van der Waals surface area contributed by atoms with Gasteiger partial charge in [0.1, 0.15) is 11.5 Å². The molecule has 0 amide bonds. The molecule has 6 nitrogen and oxygen atoms in total. The Kier molecular flexibility index (Phi) is 5.61. The molecular formula is C14H24N2O4S. The Balaban J connectivity index is 3.31. The SMILES string of the molecule is COc1cccc(OC)c1S(=O)(=O)N(C)CC(C)(C)CN. The third kappa shape index (κ3) is 3.87. The molecule has 120 valence electrons. The van der Waals surface area contributed by atoms with Crippen molar-refractivity contribution < 1.29 is 17.9 Å². The van der Waals surface area contributed by atoms with Gasteiger partial charge in [0.2, 0.25) is 10.0 Å². The summed E-state index contributed by atoms with van der Waals surface area (Å²) in [5, 5.41) is 0. The van der Waals surface area contributed by atoms with Gasteiger partial charge in [-0.2, -0.15) is 0 Å². The first kappa shape index (κ1) is 17.7. The lowest BCUT2D eigenvalue weighted by molar-refractivity contribution is 0.289. The molecule has 21 heavy (non-hydrogen) atoms. The highest BCUT2D eigenvalue weighted by Crippen LogP contribution is 2.35. The second-order valence-electron chi connectivity index (χ2n) is 5.62. The van der Waals surface area contributed by atoms with Crippen LogP contribution in [-0.2, 0) is 10.0 Å². The van der Waals surface area contributed by atoms with Crippen LogP contribution in [0.5, 0.6) is 11.5 Å². The molecule has 1 aromatic carbocycles. The number of ether oxygens (including phenoxy) is 2. The molecule has 0 unspecified atom stereocenters. The van der Waals surface area contributed by atoms with E-state index in [0.29, 0.717) is 13.1 Å². The largest absolute Gasteiger partial charge is 0.495 e. The van der Waals surface area contributed by atoms with Crippen molar-refractivity contribution in [3.63, 3.8) is 0 Å². The van der Waals surface area contributed by atoms with Crippen LogP contribution in [0.1, 0.15) is 13.8 Å². The van der Waals surface area contributed by atoms with Crippen LogP contribution < -0.4 is 15.2 Å². The van der Waals surface area contributed by atoms with E-state index in [9.17, 15) is 8.42 Å². The lowest BCUT2D eigenvalue weighted by Gasteiger charge is -2.29. The van der Waals surface area contributed by atoms with E-state index in [0.717, 1.165) is 0 Å². The Morgan fingerprint density at radius 1 is 1.19 bits per heavy atom.